The molecule has 1 aliphatic rings. The molecular weight excluding hydrogens is 252 g/mol. The van der Waals surface area contributed by atoms with E-state index in [0.717, 1.165) is 25.1 Å². The Morgan fingerprint density at radius 1 is 1.50 bits per heavy atom. The molecule has 18 heavy (non-hydrogen) atoms. The van der Waals surface area contributed by atoms with E-state index in [0.29, 0.717) is 19.0 Å². The number of aliphatic hydroxyl groups is 1. The van der Waals surface area contributed by atoms with E-state index in [4.69, 9.17) is 0 Å². The highest BCUT2D eigenvalue weighted by molar-refractivity contribution is 7.88. The molecule has 0 radical (unpaired) electrons. The summed E-state index contributed by atoms with van der Waals surface area (Å²) in [5.74, 6) is 0.325. The summed E-state index contributed by atoms with van der Waals surface area (Å²) >= 11 is 0. The average molecular weight is 272 g/mol. The van der Waals surface area contributed by atoms with Crippen LogP contribution in [0, 0.1) is 5.92 Å². The summed E-state index contributed by atoms with van der Waals surface area (Å²) in [6, 6.07) is 3.79. The van der Waals surface area contributed by atoms with E-state index in [1.165, 1.54) is 6.26 Å². The van der Waals surface area contributed by atoms with Crippen LogP contribution in [0.1, 0.15) is 18.5 Å². The molecule has 0 aromatic carbocycles. The maximum atomic E-state index is 11.5. The molecule has 2 heterocycles. The number of sulfonamides is 1. The Balaban J connectivity index is 2.02. The van der Waals surface area contributed by atoms with Gasteiger partial charge in [-0.2, -0.15) is 0 Å². The first kappa shape index (κ1) is 13.6. The molecule has 1 aromatic rings. The van der Waals surface area contributed by atoms with Crippen molar-refractivity contribution < 1.29 is 13.5 Å². The molecule has 0 bridgehead atoms. The van der Waals surface area contributed by atoms with Gasteiger partial charge < -0.3 is 9.67 Å². The van der Waals surface area contributed by atoms with Gasteiger partial charge in [0.05, 0.1) is 12.9 Å². The van der Waals surface area contributed by atoms with Gasteiger partial charge in [-0.05, 0) is 30.9 Å². The molecular formula is C12H20N2O3S. The molecule has 5 nitrogen and oxygen atoms in total. The van der Waals surface area contributed by atoms with E-state index in [1.54, 1.807) is 4.31 Å². The van der Waals surface area contributed by atoms with E-state index in [9.17, 15) is 13.5 Å². The van der Waals surface area contributed by atoms with Gasteiger partial charge in [0, 0.05) is 31.5 Å². The number of aromatic nitrogens is 1. The third-order valence-electron chi connectivity index (χ3n) is 3.49. The van der Waals surface area contributed by atoms with Gasteiger partial charge in [0.2, 0.25) is 10.0 Å². The Hall–Kier alpha value is -0.850. The standard InChI is InChI=1S/C12H20N2O3S/c1-18(16,17)14-7-2-4-11(9-14)8-13-6-3-5-12(13)10-15/h3,5-6,11,15H,2,4,7-10H2,1H3. The van der Waals surface area contributed by atoms with Crippen molar-refractivity contribution in [2.24, 2.45) is 5.92 Å². The van der Waals surface area contributed by atoms with Crippen LogP contribution in [0.2, 0.25) is 0 Å². The highest BCUT2D eigenvalue weighted by Crippen LogP contribution is 2.21. The Kier molecular flexibility index (Phi) is 4.09. The molecule has 0 saturated carbocycles. The molecule has 0 spiro atoms. The Labute approximate surface area is 108 Å². The molecule has 102 valence electrons. The smallest absolute Gasteiger partial charge is 0.211 e. The first-order valence-electron chi connectivity index (χ1n) is 6.20. The quantitative estimate of drug-likeness (QED) is 0.875. The summed E-state index contributed by atoms with van der Waals surface area (Å²) in [5, 5.41) is 9.19. The Morgan fingerprint density at radius 2 is 2.28 bits per heavy atom. The van der Waals surface area contributed by atoms with Crippen molar-refractivity contribution in [3.8, 4) is 0 Å². The van der Waals surface area contributed by atoms with E-state index in [1.807, 2.05) is 22.9 Å². The van der Waals surface area contributed by atoms with Crippen LogP contribution in [-0.4, -0.2) is 41.7 Å². The lowest BCUT2D eigenvalue weighted by molar-refractivity contribution is 0.233. The fourth-order valence-electron chi connectivity index (χ4n) is 2.53. The molecule has 0 aliphatic carbocycles. The third kappa shape index (κ3) is 3.13. The van der Waals surface area contributed by atoms with E-state index in [-0.39, 0.29) is 6.61 Å². The van der Waals surface area contributed by atoms with E-state index < -0.39 is 10.0 Å². The zero-order valence-electron chi connectivity index (χ0n) is 10.6. The molecule has 1 unspecified atom stereocenters. The summed E-state index contributed by atoms with van der Waals surface area (Å²) < 4.78 is 26.6. The maximum absolute atomic E-state index is 11.5. The number of hydrogen-bond acceptors (Lipinski definition) is 3. The molecule has 2 rings (SSSR count). The highest BCUT2D eigenvalue weighted by atomic mass is 32.2. The minimum atomic E-state index is -3.08. The Bertz CT molecular complexity index is 495. The number of nitrogens with zero attached hydrogens (tertiary/aromatic N) is 2. The van der Waals surface area contributed by atoms with Crippen molar-refractivity contribution in [1.82, 2.24) is 8.87 Å². The molecule has 1 saturated heterocycles. The molecule has 1 N–H and O–H groups in total. The predicted octanol–water partition coefficient (Wildman–Crippen LogP) is 0.652. The average Bonchev–Trinajstić information content (AvgIpc) is 2.75. The normalized spacial score (nSPS) is 22.2. The van der Waals surface area contributed by atoms with Crippen molar-refractivity contribution in [2.75, 3.05) is 19.3 Å². The van der Waals surface area contributed by atoms with Crippen LogP contribution in [0.3, 0.4) is 0 Å². The highest BCUT2D eigenvalue weighted by Gasteiger charge is 2.26. The van der Waals surface area contributed by atoms with Crippen LogP contribution in [0.4, 0.5) is 0 Å². The van der Waals surface area contributed by atoms with Crippen LogP contribution < -0.4 is 0 Å². The summed E-state index contributed by atoms with van der Waals surface area (Å²) in [6.07, 6.45) is 5.15. The Morgan fingerprint density at radius 3 is 2.94 bits per heavy atom. The summed E-state index contributed by atoms with van der Waals surface area (Å²) in [5.41, 5.74) is 0.881. The molecule has 6 heteroatoms. The van der Waals surface area contributed by atoms with Gasteiger partial charge in [0.1, 0.15) is 0 Å². The number of aliphatic hydroxyl groups excluding tert-OH is 1. The second-order valence-corrected chi connectivity index (χ2v) is 6.92. The van der Waals surface area contributed by atoms with Crippen molar-refractivity contribution in [3.63, 3.8) is 0 Å². The summed E-state index contributed by atoms with van der Waals surface area (Å²) in [4.78, 5) is 0. The number of hydrogen-bond donors (Lipinski definition) is 1. The second kappa shape index (κ2) is 5.42. The number of rotatable bonds is 4. The van der Waals surface area contributed by atoms with Gasteiger partial charge in [-0.1, -0.05) is 0 Å². The largest absolute Gasteiger partial charge is 0.390 e. The second-order valence-electron chi connectivity index (χ2n) is 4.94. The van der Waals surface area contributed by atoms with E-state index >= 15 is 0 Å². The van der Waals surface area contributed by atoms with Gasteiger partial charge in [-0.3, -0.25) is 0 Å². The van der Waals surface area contributed by atoms with Crippen LogP contribution in [0.25, 0.3) is 0 Å². The third-order valence-corrected chi connectivity index (χ3v) is 4.76. The molecule has 0 amide bonds. The molecule has 1 fully saturated rings. The van der Waals surface area contributed by atoms with Gasteiger partial charge in [0.25, 0.3) is 0 Å². The van der Waals surface area contributed by atoms with Crippen LogP contribution >= 0.6 is 0 Å². The van der Waals surface area contributed by atoms with Crippen molar-refractivity contribution in [2.45, 2.75) is 26.0 Å². The first-order valence-corrected chi connectivity index (χ1v) is 8.05. The monoisotopic (exact) mass is 272 g/mol. The minimum Gasteiger partial charge on any atom is -0.390 e. The van der Waals surface area contributed by atoms with Crippen molar-refractivity contribution in [3.05, 3.63) is 24.0 Å². The molecule has 1 aliphatic heterocycles. The lowest BCUT2D eigenvalue weighted by Gasteiger charge is -2.31. The lowest BCUT2D eigenvalue weighted by atomic mass is 9.99. The van der Waals surface area contributed by atoms with Crippen LogP contribution in [0.15, 0.2) is 18.3 Å². The summed E-state index contributed by atoms with van der Waals surface area (Å²) in [6.45, 7) is 2.01. The van der Waals surface area contributed by atoms with Crippen LogP contribution in [-0.2, 0) is 23.2 Å². The fraction of sp³-hybridized carbons (Fsp3) is 0.667. The predicted molar refractivity (Wildman–Crippen MR) is 69.5 cm³/mol. The SMILES string of the molecule is CS(=O)(=O)N1CCCC(Cn2cccc2CO)C1. The topological polar surface area (TPSA) is 62.5 Å². The minimum absolute atomic E-state index is 0.0233. The van der Waals surface area contributed by atoms with Crippen molar-refractivity contribution >= 4 is 10.0 Å². The van der Waals surface area contributed by atoms with Crippen LogP contribution in [0.5, 0.6) is 0 Å². The molecule has 1 aromatic heterocycles. The zero-order valence-corrected chi connectivity index (χ0v) is 11.4. The fourth-order valence-corrected chi connectivity index (χ4v) is 3.47. The lowest BCUT2D eigenvalue weighted by Crippen LogP contribution is -2.40. The molecule has 1 atom stereocenters. The van der Waals surface area contributed by atoms with Gasteiger partial charge in [-0.25, -0.2) is 12.7 Å². The van der Waals surface area contributed by atoms with Gasteiger partial charge in [-0.15, -0.1) is 0 Å². The maximum Gasteiger partial charge on any atom is 0.211 e. The van der Waals surface area contributed by atoms with Crippen molar-refractivity contribution in [1.29, 1.82) is 0 Å². The van der Waals surface area contributed by atoms with E-state index in [2.05, 4.69) is 0 Å². The first-order chi connectivity index (χ1) is 8.50. The zero-order chi connectivity index (χ0) is 13.2. The van der Waals surface area contributed by atoms with Gasteiger partial charge >= 0.3 is 0 Å². The number of piperidine rings is 1. The van der Waals surface area contributed by atoms with Gasteiger partial charge in [0.15, 0.2) is 0 Å². The summed E-state index contributed by atoms with van der Waals surface area (Å²) in [7, 11) is -3.08.